The van der Waals surface area contributed by atoms with Gasteiger partial charge in [-0.15, -0.1) is 11.6 Å². The fraction of sp³-hybridized carbons (Fsp3) is 0.111. The molecule has 0 radical (unpaired) electrons. The molecule has 0 unspecified atom stereocenters. The molecule has 0 saturated heterocycles. The lowest BCUT2D eigenvalue weighted by molar-refractivity contribution is 0.102. The van der Waals surface area contributed by atoms with Gasteiger partial charge in [0.1, 0.15) is 11.9 Å². The Morgan fingerprint density at radius 3 is 2.79 bits per heavy atom. The zero-order valence-corrected chi connectivity index (χ0v) is 7.81. The molecule has 0 spiro atoms. The van der Waals surface area contributed by atoms with Gasteiger partial charge in [0.2, 0.25) is 0 Å². The third kappa shape index (κ3) is 1.83. The van der Waals surface area contributed by atoms with Gasteiger partial charge in [-0.05, 0) is 12.1 Å². The van der Waals surface area contributed by atoms with Crippen molar-refractivity contribution >= 4 is 23.1 Å². The maximum absolute atomic E-state index is 13.1. The zero-order chi connectivity index (χ0) is 10.7. The summed E-state index contributed by atoms with van der Waals surface area (Å²) in [6.45, 7) is 0. The van der Waals surface area contributed by atoms with Crippen molar-refractivity contribution in [2.75, 3.05) is 11.6 Å². The van der Waals surface area contributed by atoms with Crippen LogP contribution in [0.4, 0.5) is 10.1 Å². The summed E-state index contributed by atoms with van der Waals surface area (Å²) in [5.74, 6) is -1.50. The Hall–Kier alpha value is -1.60. The summed E-state index contributed by atoms with van der Waals surface area (Å²) in [4.78, 5) is 11.1. The molecular weight excluding hydrogens is 207 g/mol. The van der Waals surface area contributed by atoms with E-state index >= 15 is 0 Å². The van der Waals surface area contributed by atoms with Crippen molar-refractivity contribution < 1.29 is 9.18 Å². The number of rotatable bonds is 2. The number of nitrogens with zero attached hydrogens (tertiary/aromatic N) is 1. The van der Waals surface area contributed by atoms with E-state index in [2.05, 4.69) is 0 Å². The minimum absolute atomic E-state index is 0.0106. The second kappa shape index (κ2) is 4.07. The van der Waals surface area contributed by atoms with E-state index in [-0.39, 0.29) is 22.7 Å². The number of hydrogen-bond acceptors (Lipinski definition) is 3. The van der Waals surface area contributed by atoms with Gasteiger partial charge in [-0.2, -0.15) is 5.26 Å². The molecule has 1 aromatic rings. The molecule has 3 nitrogen and oxygen atoms in total. The van der Waals surface area contributed by atoms with Crippen molar-refractivity contribution in [1.82, 2.24) is 0 Å². The van der Waals surface area contributed by atoms with Crippen molar-refractivity contribution in [3.8, 4) is 6.07 Å². The summed E-state index contributed by atoms with van der Waals surface area (Å²) >= 11 is 5.29. The van der Waals surface area contributed by atoms with E-state index in [1.54, 1.807) is 6.07 Å². The maximum atomic E-state index is 13.1. The van der Waals surface area contributed by atoms with Crippen molar-refractivity contribution in [2.45, 2.75) is 0 Å². The van der Waals surface area contributed by atoms with Gasteiger partial charge >= 0.3 is 0 Å². The Kier molecular flexibility index (Phi) is 3.05. The molecule has 1 rings (SSSR count). The fourth-order valence-corrected chi connectivity index (χ4v) is 1.13. The lowest BCUT2D eigenvalue weighted by Gasteiger charge is -2.03. The summed E-state index contributed by atoms with van der Waals surface area (Å²) in [7, 11) is 0. The van der Waals surface area contributed by atoms with E-state index in [9.17, 15) is 9.18 Å². The highest BCUT2D eigenvalue weighted by Crippen LogP contribution is 2.18. The van der Waals surface area contributed by atoms with E-state index < -0.39 is 11.6 Å². The fourth-order valence-electron chi connectivity index (χ4n) is 0.989. The average Bonchev–Trinajstić information content (AvgIpc) is 2.19. The number of nitrogen functional groups attached to an aromatic ring is 1. The molecule has 0 amide bonds. The highest BCUT2D eigenvalue weighted by Gasteiger charge is 2.12. The van der Waals surface area contributed by atoms with E-state index in [0.717, 1.165) is 12.1 Å². The highest BCUT2D eigenvalue weighted by molar-refractivity contribution is 6.31. The number of hydrogen-bond donors (Lipinski definition) is 1. The van der Waals surface area contributed by atoms with E-state index in [1.807, 2.05) is 0 Å². The van der Waals surface area contributed by atoms with Gasteiger partial charge in [0, 0.05) is 11.3 Å². The first-order chi connectivity index (χ1) is 6.60. The summed E-state index contributed by atoms with van der Waals surface area (Å²) < 4.78 is 13.1. The summed E-state index contributed by atoms with van der Waals surface area (Å²) in [5, 5.41) is 8.47. The molecule has 0 aliphatic heterocycles. The number of ketones is 1. The predicted molar refractivity (Wildman–Crippen MR) is 50.6 cm³/mol. The van der Waals surface area contributed by atoms with Gasteiger partial charge in [-0.3, -0.25) is 4.79 Å². The van der Waals surface area contributed by atoms with Crippen LogP contribution in [0.1, 0.15) is 15.9 Å². The van der Waals surface area contributed by atoms with Crippen molar-refractivity contribution in [1.29, 1.82) is 5.26 Å². The molecule has 2 N–H and O–H groups in total. The summed E-state index contributed by atoms with van der Waals surface area (Å²) in [5.41, 5.74) is 5.33. The summed E-state index contributed by atoms with van der Waals surface area (Å²) in [6.07, 6.45) is 0. The lowest BCUT2D eigenvalue weighted by atomic mass is 10.1. The molecule has 0 bridgehead atoms. The Bertz CT molecular complexity index is 426. The standard InChI is InChI=1S/C9H6ClFN2O/c10-3-9(14)6-2-7(11)5(4-12)1-8(6)13/h1-2H,3,13H2. The lowest BCUT2D eigenvalue weighted by Crippen LogP contribution is -2.06. The number of nitrogens with two attached hydrogens (primary N) is 1. The molecular formula is C9H6ClFN2O. The van der Waals surface area contributed by atoms with Crippen LogP contribution in [0, 0.1) is 17.1 Å². The molecule has 14 heavy (non-hydrogen) atoms. The normalized spacial score (nSPS) is 9.50. The van der Waals surface area contributed by atoms with Crippen molar-refractivity contribution in [3.05, 3.63) is 29.1 Å². The minimum atomic E-state index is -0.768. The van der Waals surface area contributed by atoms with E-state index in [1.165, 1.54) is 0 Å². The molecule has 0 aliphatic carbocycles. The van der Waals surface area contributed by atoms with Crippen LogP contribution in [-0.2, 0) is 0 Å². The van der Waals surface area contributed by atoms with Crippen LogP contribution < -0.4 is 5.73 Å². The molecule has 0 fully saturated rings. The average molecular weight is 213 g/mol. The van der Waals surface area contributed by atoms with E-state index in [0.29, 0.717) is 0 Å². The van der Waals surface area contributed by atoms with Crippen LogP contribution in [0.15, 0.2) is 12.1 Å². The third-order valence-corrected chi connectivity index (χ3v) is 1.92. The molecule has 72 valence electrons. The monoisotopic (exact) mass is 212 g/mol. The Morgan fingerprint density at radius 1 is 1.64 bits per heavy atom. The molecule has 0 aliphatic rings. The quantitative estimate of drug-likeness (QED) is 0.461. The first kappa shape index (κ1) is 10.5. The second-order valence-corrected chi connectivity index (χ2v) is 2.86. The third-order valence-electron chi connectivity index (χ3n) is 1.68. The SMILES string of the molecule is N#Cc1cc(N)c(C(=O)CCl)cc1F. The molecule has 0 saturated carbocycles. The second-order valence-electron chi connectivity index (χ2n) is 2.59. The van der Waals surface area contributed by atoms with Gasteiger partial charge in [0.05, 0.1) is 11.4 Å². The Morgan fingerprint density at radius 2 is 2.29 bits per heavy atom. The van der Waals surface area contributed by atoms with Gasteiger partial charge in [-0.25, -0.2) is 4.39 Å². The number of halogens is 2. The molecule has 5 heteroatoms. The van der Waals surface area contributed by atoms with Crippen molar-refractivity contribution in [2.24, 2.45) is 0 Å². The number of carbonyl (C=O) groups excluding carboxylic acids is 1. The maximum Gasteiger partial charge on any atom is 0.179 e. The van der Waals surface area contributed by atoms with E-state index in [4.69, 9.17) is 22.6 Å². The summed E-state index contributed by atoms with van der Waals surface area (Å²) in [6, 6.07) is 3.67. The minimum Gasteiger partial charge on any atom is -0.398 e. The zero-order valence-electron chi connectivity index (χ0n) is 7.05. The van der Waals surface area contributed by atoms with Crippen LogP contribution in [0.2, 0.25) is 0 Å². The van der Waals surface area contributed by atoms with Crippen LogP contribution in [0.5, 0.6) is 0 Å². The molecule has 0 aromatic heterocycles. The highest BCUT2D eigenvalue weighted by atomic mass is 35.5. The topological polar surface area (TPSA) is 66.9 Å². The molecule has 0 atom stereocenters. The number of anilines is 1. The molecule has 1 aromatic carbocycles. The predicted octanol–water partition coefficient (Wildman–Crippen LogP) is 1.70. The number of Topliss-reactive ketones (excluding diaryl/α,β-unsaturated/α-hetero) is 1. The largest absolute Gasteiger partial charge is 0.398 e. The van der Waals surface area contributed by atoms with Gasteiger partial charge in [0.25, 0.3) is 0 Å². The van der Waals surface area contributed by atoms with Crippen LogP contribution in [0.3, 0.4) is 0 Å². The number of nitriles is 1. The first-order valence-corrected chi connectivity index (χ1v) is 4.22. The first-order valence-electron chi connectivity index (χ1n) is 3.68. The number of carbonyl (C=O) groups is 1. The Labute approximate surface area is 84.9 Å². The van der Waals surface area contributed by atoms with Gasteiger partial charge in [-0.1, -0.05) is 0 Å². The van der Waals surface area contributed by atoms with Gasteiger partial charge < -0.3 is 5.73 Å². The van der Waals surface area contributed by atoms with Crippen molar-refractivity contribution in [3.63, 3.8) is 0 Å². The Balaban J connectivity index is 3.30. The number of alkyl halides is 1. The molecule has 0 heterocycles. The van der Waals surface area contributed by atoms with Gasteiger partial charge in [0.15, 0.2) is 5.78 Å². The van der Waals surface area contributed by atoms with Crippen LogP contribution >= 0.6 is 11.6 Å². The van der Waals surface area contributed by atoms with Crippen LogP contribution in [-0.4, -0.2) is 11.7 Å². The van der Waals surface area contributed by atoms with Crippen LogP contribution in [0.25, 0.3) is 0 Å². The number of benzene rings is 1. The smallest absolute Gasteiger partial charge is 0.179 e.